The van der Waals surface area contributed by atoms with E-state index in [0.29, 0.717) is 0 Å². The maximum Gasteiger partial charge on any atom is 0.417 e. The molecule has 0 radical (unpaired) electrons. The lowest BCUT2D eigenvalue weighted by molar-refractivity contribution is -0.137. The number of hydrogen-bond donors (Lipinski definition) is 1. The zero-order chi connectivity index (χ0) is 26.3. The summed E-state index contributed by atoms with van der Waals surface area (Å²) in [6.45, 7) is 1.59. The smallest absolute Gasteiger partial charge is 0.417 e. The number of sulfonamides is 1. The maximum atomic E-state index is 13.4. The minimum Gasteiger partial charge on any atom is -0.487 e. The van der Waals surface area contributed by atoms with Crippen LogP contribution in [-0.4, -0.2) is 27.0 Å². The molecule has 1 N–H and O–H groups in total. The van der Waals surface area contributed by atoms with Crippen molar-refractivity contribution in [1.29, 1.82) is 5.26 Å². The van der Waals surface area contributed by atoms with Gasteiger partial charge >= 0.3 is 6.18 Å². The van der Waals surface area contributed by atoms with Gasteiger partial charge in [-0.2, -0.15) is 18.4 Å². The van der Waals surface area contributed by atoms with E-state index in [0.717, 1.165) is 22.5 Å². The highest BCUT2D eigenvalue weighted by Gasteiger charge is 2.37. The Morgan fingerprint density at radius 2 is 1.89 bits per heavy atom. The van der Waals surface area contributed by atoms with Crippen molar-refractivity contribution in [3.05, 3.63) is 82.4 Å². The highest BCUT2D eigenvalue weighted by atomic mass is 35.5. The Labute approximate surface area is 209 Å². The number of nitriles is 1. The first-order valence-corrected chi connectivity index (χ1v) is 12.2. The average molecular weight is 536 g/mol. The van der Waals surface area contributed by atoms with Crippen LogP contribution in [-0.2, 0) is 16.2 Å². The molecule has 0 unspecified atom stereocenters. The molecular formula is C24H17ClF3N3O4S. The SMILES string of the molecule is C[C@H]1CN(S(=O)(=O)c2cccc(C#N)c2)c2cc(NC(=O)c3c(Cl)cccc3C(F)(F)F)ccc2O1. The molecule has 1 atom stereocenters. The van der Waals surface area contributed by atoms with Crippen molar-refractivity contribution in [1.82, 2.24) is 0 Å². The van der Waals surface area contributed by atoms with Gasteiger partial charge in [0.1, 0.15) is 11.9 Å². The topological polar surface area (TPSA) is 99.5 Å². The second kappa shape index (κ2) is 9.37. The van der Waals surface area contributed by atoms with E-state index in [1.54, 1.807) is 6.92 Å². The van der Waals surface area contributed by atoms with Gasteiger partial charge in [-0.1, -0.05) is 23.7 Å². The van der Waals surface area contributed by atoms with Gasteiger partial charge in [-0.05, 0) is 55.5 Å². The number of rotatable bonds is 4. The van der Waals surface area contributed by atoms with Crippen molar-refractivity contribution >= 4 is 38.9 Å². The number of hydrogen-bond acceptors (Lipinski definition) is 5. The van der Waals surface area contributed by atoms with Crippen molar-refractivity contribution in [3.8, 4) is 11.8 Å². The van der Waals surface area contributed by atoms with Crippen LogP contribution < -0.4 is 14.4 Å². The summed E-state index contributed by atoms with van der Waals surface area (Å²) in [6.07, 6.45) is -5.34. The molecule has 36 heavy (non-hydrogen) atoms. The molecule has 3 aromatic carbocycles. The average Bonchev–Trinajstić information content (AvgIpc) is 2.83. The van der Waals surface area contributed by atoms with Crippen molar-refractivity contribution in [2.24, 2.45) is 0 Å². The molecule has 0 saturated carbocycles. The quantitative estimate of drug-likeness (QED) is 0.478. The van der Waals surface area contributed by atoms with Crippen LogP contribution in [0.1, 0.15) is 28.4 Å². The van der Waals surface area contributed by atoms with Crippen LogP contribution >= 0.6 is 11.6 Å². The normalized spacial score (nSPS) is 15.4. The van der Waals surface area contributed by atoms with E-state index < -0.39 is 39.3 Å². The Morgan fingerprint density at radius 1 is 1.17 bits per heavy atom. The maximum absolute atomic E-state index is 13.4. The fraction of sp³-hybridized carbons (Fsp3) is 0.167. The number of alkyl halides is 3. The monoisotopic (exact) mass is 535 g/mol. The predicted octanol–water partition coefficient (Wildman–Crippen LogP) is 5.46. The molecule has 7 nitrogen and oxygen atoms in total. The molecule has 1 aliphatic heterocycles. The lowest BCUT2D eigenvalue weighted by atomic mass is 10.1. The summed E-state index contributed by atoms with van der Waals surface area (Å²) in [5.74, 6) is -0.922. The first kappa shape index (κ1) is 25.3. The van der Waals surface area contributed by atoms with E-state index in [9.17, 15) is 26.4 Å². The van der Waals surface area contributed by atoms with Crippen LogP contribution in [0.25, 0.3) is 0 Å². The Bertz CT molecular complexity index is 1500. The fourth-order valence-electron chi connectivity index (χ4n) is 3.74. The Morgan fingerprint density at radius 3 is 2.58 bits per heavy atom. The van der Waals surface area contributed by atoms with Crippen molar-refractivity contribution in [2.75, 3.05) is 16.2 Å². The van der Waals surface area contributed by atoms with Gasteiger partial charge in [0, 0.05) is 5.69 Å². The summed E-state index contributed by atoms with van der Waals surface area (Å²) in [4.78, 5) is 12.7. The number of fused-ring (bicyclic) bond motifs is 1. The van der Waals surface area contributed by atoms with Crippen molar-refractivity contribution in [2.45, 2.75) is 24.1 Å². The summed E-state index contributed by atoms with van der Waals surface area (Å²) >= 11 is 5.91. The zero-order valence-corrected chi connectivity index (χ0v) is 20.1. The third-order valence-corrected chi connectivity index (χ3v) is 7.42. The third-order valence-electron chi connectivity index (χ3n) is 5.33. The first-order valence-electron chi connectivity index (χ1n) is 10.4. The summed E-state index contributed by atoms with van der Waals surface area (Å²) in [6, 6.07) is 14.4. The van der Waals surface area contributed by atoms with Gasteiger partial charge in [-0.15, -0.1) is 0 Å². The number of amides is 1. The van der Waals surface area contributed by atoms with E-state index in [4.69, 9.17) is 21.6 Å². The summed E-state index contributed by atoms with van der Waals surface area (Å²) in [7, 11) is -4.15. The molecule has 0 aliphatic carbocycles. The molecule has 12 heteroatoms. The van der Waals surface area contributed by atoms with Crippen molar-refractivity contribution in [3.63, 3.8) is 0 Å². The molecule has 0 spiro atoms. The zero-order valence-electron chi connectivity index (χ0n) is 18.5. The van der Waals surface area contributed by atoms with E-state index in [2.05, 4.69) is 5.32 Å². The first-order chi connectivity index (χ1) is 16.9. The Balaban J connectivity index is 1.73. The molecule has 0 fully saturated rings. The second-order valence-corrected chi connectivity index (χ2v) is 10.2. The molecule has 1 amide bonds. The summed E-state index contributed by atoms with van der Waals surface area (Å²) in [5.41, 5.74) is -1.71. The molecule has 1 heterocycles. The van der Waals surface area contributed by atoms with Gasteiger partial charge in [0.2, 0.25) is 0 Å². The van der Waals surface area contributed by atoms with Gasteiger partial charge in [0.15, 0.2) is 0 Å². The van der Waals surface area contributed by atoms with E-state index in [1.807, 2.05) is 6.07 Å². The van der Waals surface area contributed by atoms with Gasteiger partial charge < -0.3 is 10.1 Å². The molecule has 0 saturated heterocycles. The van der Waals surface area contributed by atoms with Crippen molar-refractivity contribution < 1.29 is 31.1 Å². The lowest BCUT2D eigenvalue weighted by Crippen LogP contribution is -2.42. The predicted molar refractivity (Wildman–Crippen MR) is 127 cm³/mol. The van der Waals surface area contributed by atoms with E-state index in [1.165, 1.54) is 42.5 Å². The molecular weight excluding hydrogens is 519 g/mol. The molecule has 3 aromatic rings. The van der Waals surface area contributed by atoms with Crippen LogP contribution in [0.2, 0.25) is 5.02 Å². The molecule has 0 aromatic heterocycles. The number of ether oxygens (including phenoxy) is 1. The van der Waals surface area contributed by atoms with Gasteiger partial charge in [-0.3, -0.25) is 9.10 Å². The lowest BCUT2D eigenvalue weighted by Gasteiger charge is -2.34. The molecule has 4 rings (SSSR count). The number of nitrogens with one attached hydrogen (secondary N) is 1. The summed E-state index contributed by atoms with van der Waals surface area (Å²) in [5, 5.41) is 11.1. The van der Waals surface area contributed by atoms with E-state index in [-0.39, 0.29) is 39.2 Å². The van der Waals surface area contributed by atoms with Crippen LogP contribution in [0.5, 0.6) is 5.75 Å². The molecule has 1 aliphatic rings. The van der Waals surface area contributed by atoms with Gasteiger partial charge in [0.05, 0.1) is 44.9 Å². The van der Waals surface area contributed by atoms with Crippen LogP contribution in [0.3, 0.4) is 0 Å². The number of carbonyl (C=O) groups excluding carboxylic acids is 1. The number of halogens is 4. The van der Waals surface area contributed by atoms with Crippen LogP contribution in [0.4, 0.5) is 24.5 Å². The number of nitrogens with zero attached hydrogens (tertiary/aromatic N) is 2. The van der Waals surface area contributed by atoms with Crippen LogP contribution in [0, 0.1) is 11.3 Å². The fourth-order valence-corrected chi connectivity index (χ4v) is 5.59. The largest absolute Gasteiger partial charge is 0.487 e. The number of benzene rings is 3. The highest BCUT2D eigenvalue weighted by Crippen LogP contribution is 2.40. The minimum absolute atomic E-state index is 0.0240. The summed E-state index contributed by atoms with van der Waals surface area (Å²) < 4.78 is 74.0. The number of anilines is 2. The standard InChI is InChI=1S/C24H17ClF3N3O4S/c1-14-13-31(36(33,34)17-5-2-4-15(10-17)12-29)20-11-16(8-9-21(20)35-14)30-23(32)22-18(24(26,27)28)6-3-7-19(22)25/h2-11,14H,13H2,1H3,(H,30,32)/t14-/m0/s1. The highest BCUT2D eigenvalue weighted by molar-refractivity contribution is 7.92. The second-order valence-electron chi connectivity index (χ2n) is 7.90. The minimum atomic E-state index is -4.82. The Kier molecular flexibility index (Phi) is 6.60. The number of carbonyl (C=O) groups is 1. The van der Waals surface area contributed by atoms with E-state index >= 15 is 0 Å². The van der Waals surface area contributed by atoms with Crippen LogP contribution in [0.15, 0.2) is 65.6 Å². The molecule has 186 valence electrons. The van der Waals surface area contributed by atoms with Gasteiger partial charge in [0.25, 0.3) is 15.9 Å². The molecule has 0 bridgehead atoms. The Hall–Kier alpha value is -3.75. The third kappa shape index (κ3) is 4.82. The van der Waals surface area contributed by atoms with Gasteiger partial charge in [-0.25, -0.2) is 8.42 Å².